The van der Waals surface area contributed by atoms with Crippen molar-refractivity contribution in [3.8, 4) is 5.75 Å². The van der Waals surface area contributed by atoms with E-state index in [1.807, 2.05) is 0 Å². The van der Waals surface area contributed by atoms with Crippen molar-refractivity contribution in [3.05, 3.63) is 22.7 Å². The maximum absolute atomic E-state index is 12.5. The van der Waals surface area contributed by atoms with Crippen molar-refractivity contribution in [2.24, 2.45) is 0 Å². The monoisotopic (exact) mass is 382 g/mol. The molecule has 0 aromatic heterocycles. The number of fused-ring (bicyclic) bond motifs is 1. The molecule has 122 valence electrons. The van der Waals surface area contributed by atoms with E-state index in [4.69, 9.17) is 9.84 Å². The third kappa shape index (κ3) is 3.47. The van der Waals surface area contributed by atoms with Gasteiger partial charge in [0.05, 0.1) is 5.69 Å². The molecule has 0 spiro atoms. The molecule has 1 saturated carbocycles. The maximum Gasteiger partial charge on any atom is 0.323 e. The quantitative estimate of drug-likeness (QED) is 0.827. The van der Waals surface area contributed by atoms with E-state index in [9.17, 15) is 14.4 Å². The van der Waals surface area contributed by atoms with Gasteiger partial charge in [-0.15, -0.1) is 0 Å². The first-order chi connectivity index (χ1) is 11.0. The zero-order valence-electron chi connectivity index (χ0n) is 12.2. The van der Waals surface area contributed by atoms with Gasteiger partial charge in [0, 0.05) is 10.5 Å². The van der Waals surface area contributed by atoms with Gasteiger partial charge in [0.25, 0.3) is 5.91 Å². The number of amides is 2. The lowest BCUT2D eigenvalue weighted by atomic mass is 10.2. The number of hydrogen-bond acceptors (Lipinski definition) is 4. The fourth-order valence-electron chi connectivity index (χ4n) is 2.53. The van der Waals surface area contributed by atoms with E-state index in [0.29, 0.717) is 11.4 Å². The van der Waals surface area contributed by atoms with Crippen molar-refractivity contribution in [1.82, 2.24) is 4.90 Å². The number of carbonyl (C=O) groups excluding carboxylic acids is 2. The van der Waals surface area contributed by atoms with E-state index in [0.717, 1.165) is 17.3 Å². The molecule has 0 bridgehead atoms. The molecule has 23 heavy (non-hydrogen) atoms. The molecule has 1 aliphatic heterocycles. The van der Waals surface area contributed by atoms with Crippen molar-refractivity contribution in [2.45, 2.75) is 18.9 Å². The molecule has 1 heterocycles. The van der Waals surface area contributed by atoms with Gasteiger partial charge in [0.15, 0.2) is 6.61 Å². The highest BCUT2D eigenvalue weighted by atomic mass is 79.9. The zero-order chi connectivity index (χ0) is 16.6. The molecule has 2 aliphatic rings. The Hall–Kier alpha value is -2.09. The summed E-state index contributed by atoms with van der Waals surface area (Å²) >= 11 is 3.33. The summed E-state index contributed by atoms with van der Waals surface area (Å²) < 4.78 is 6.18. The third-order valence-corrected chi connectivity index (χ3v) is 4.27. The van der Waals surface area contributed by atoms with Crippen LogP contribution in [0.15, 0.2) is 22.7 Å². The van der Waals surface area contributed by atoms with E-state index >= 15 is 0 Å². The average molecular weight is 383 g/mol. The largest absolute Gasteiger partial charge is 0.482 e. The minimum absolute atomic E-state index is 0.0286. The summed E-state index contributed by atoms with van der Waals surface area (Å²) in [6, 6.07) is 5.16. The molecule has 8 heteroatoms. The number of carbonyl (C=O) groups is 3. The van der Waals surface area contributed by atoms with Crippen LogP contribution in [0, 0.1) is 0 Å². The van der Waals surface area contributed by atoms with Crippen LogP contribution in [0.25, 0.3) is 0 Å². The van der Waals surface area contributed by atoms with Gasteiger partial charge in [-0.1, -0.05) is 15.9 Å². The van der Waals surface area contributed by atoms with Crippen molar-refractivity contribution < 1.29 is 24.2 Å². The smallest absolute Gasteiger partial charge is 0.323 e. The summed E-state index contributed by atoms with van der Waals surface area (Å²) in [6.45, 7) is -0.658. The Kier molecular flexibility index (Phi) is 4.25. The molecule has 1 aliphatic carbocycles. The van der Waals surface area contributed by atoms with Crippen molar-refractivity contribution in [3.63, 3.8) is 0 Å². The summed E-state index contributed by atoms with van der Waals surface area (Å²) in [7, 11) is 0. The Bertz CT molecular complexity index is 674. The molecule has 1 aromatic carbocycles. The van der Waals surface area contributed by atoms with Gasteiger partial charge < -0.3 is 14.7 Å². The Labute approximate surface area is 140 Å². The standard InChI is InChI=1S/C15H15BrN2O5/c16-9-1-4-11-12(5-9)23-8-14(20)18(11)6-13(19)17(7-15(21)22)10-2-3-10/h1,4-5,10H,2-3,6-8H2,(H,21,22). The van der Waals surface area contributed by atoms with Gasteiger partial charge in [-0.2, -0.15) is 0 Å². The van der Waals surface area contributed by atoms with E-state index in [1.54, 1.807) is 18.2 Å². The first-order valence-electron chi connectivity index (χ1n) is 7.19. The predicted octanol–water partition coefficient (Wildman–Crippen LogP) is 1.25. The summed E-state index contributed by atoms with van der Waals surface area (Å²) in [5.41, 5.74) is 0.517. The first-order valence-corrected chi connectivity index (χ1v) is 7.99. The first kappa shape index (κ1) is 15.8. The number of halogens is 1. The number of rotatable bonds is 5. The van der Waals surface area contributed by atoms with Crippen molar-refractivity contribution >= 4 is 39.4 Å². The fourth-order valence-corrected chi connectivity index (χ4v) is 2.87. The van der Waals surface area contributed by atoms with Crippen LogP contribution in [0.2, 0.25) is 0 Å². The van der Waals surface area contributed by atoms with Crippen LogP contribution in [-0.2, 0) is 14.4 Å². The molecule has 0 unspecified atom stereocenters. The number of carboxylic acid groups (broad SMARTS) is 1. The van der Waals surface area contributed by atoms with Crippen LogP contribution in [0.4, 0.5) is 5.69 Å². The van der Waals surface area contributed by atoms with Gasteiger partial charge in [-0.3, -0.25) is 19.3 Å². The lowest BCUT2D eigenvalue weighted by Crippen LogP contribution is -2.48. The van der Waals surface area contributed by atoms with E-state index in [-0.39, 0.29) is 37.6 Å². The Morgan fingerprint density at radius 1 is 1.39 bits per heavy atom. The molecule has 7 nitrogen and oxygen atoms in total. The molecule has 1 N–H and O–H groups in total. The lowest BCUT2D eigenvalue weighted by Gasteiger charge is -2.31. The molecule has 2 amide bonds. The molecule has 0 atom stereocenters. The second-order valence-corrected chi connectivity index (χ2v) is 6.44. The summed E-state index contributed by atoms with van der Waals surface area (Å²) in [4.78, 5) is 38.2. The van der Waals surface area contributed by atoms with Crippen LogP contribution in [0.1, 0.15) is 12.8 Å². The Morgan fingerprint density at radius 2 is 2.13 bits per heavy atom. The van der Waals surface area contributed by atoms with Crippen LogP contribution in [0.5, 0.6) is 5.75 Å². The highest BCUT2D eigenvalue weighted by Gasteiger charge is 2.36. The molecule has 1 fully saturated rings. The van der Waals surface area contributed by atoms with Crippen molar-refractivity contribution in [2.75, 3.05) is 24.6 Å². The zero-order valence-corrected chi connectivity index (χ0v) is 13.8. The Balaban J connectivity index is 1.80. The normalized spacial score (nSPS) is 16.6. The van der Waals surface area contributed by atoms with E-state index in [1.165, 1.54) is 9.80 Å². The predicted molar refractivity (Wildman–Crippen MR) is 84.4 cm³/mol. The number of anilines is 1. The number of aliphatic carboxylic acids is 1. The summed E-state index contributed by atoms with van der Waals surface area (Å²) in [6.07, 6.45) is 1.61. The lowest BCUT2D eigenvalue weighted by molar-refractivity contribution is -0.144. The molecule has 3 rings (SSSR count). The number of ether oxygens (including phenoxy) is 1. The van der Waals surface area contributed by atoms with Crippen LogP contribution >= 0.6 is 15.9 Å². The molecule has 0 radical (unpaired) electrons. The number of nitrogens with zero attached hydrogens (tertiary/aromatic N) is 2. The van der Waals surface area contributed by atoms with Gasteiger partial charge >= 0.3 is 5.97 Å². The van der Waals surface area contributed by atoms with Crippen molar-refractivity contribution in [1.29, 1.82) is 0 Å². The molecule has 0 saturated heterocycles. The van der Waals surface area contributed by atoms with Crippen LogP contribution in [0.3, 0.4) is 0 Å². The summed E-state index contributed by atoms with van der Waals surface area (Å²) in [5.74, 6) is -1.22. The van der Waals surface area contributed by atoms with E-state index in [2.05, 4.69) is 15.9 Å². The molecular formula is C15H15BrN2O5. The highest BCUT2D eigenvalue weighted by Crippen LogP contribution is 2.35. The van der Waals surface area contributed by atoms with Crippen LogP contribution in [-0.4, -0.2) is 53.5 Å². The number of benzene rings is 1. The molecule has 1 aromatic rings. The number of hydrogen-bond donors (Lipinski definition) is 1. The summed E-state index contributed by atoms with van der Waals surface area (Å²) in [5, 5.41) is 8.96. The maximum atomic E-state index is 12.5. The Morgan fingerprint density at radius 3 is 2.78 bits per heavy atom. The fraction of sp³-hybridized carbons (Fsp3) is 0.400. The average Bonchev–Trinajstić information content (AvgIpc) is 3.32. The highest BCUT2D eigenvalue weighted by molar-refractivity contribution is 9.10. The van der Waals surface area contributed by atoms with Gasteiger partial charge in [0.2, 0.25) is 5.91 Å². The molecular weight excluding hydrogens is 368 g/mol. The van der Waals surface area contributed by atoms with E-state index < -0.39 is 5.97 Å². The van der Waals surface area contributed by atoms with Gasteiger partial charge in [-0.05, 0) is 31.0 Å². The topological polar surface area (TPSA) is 87.2 Å². The second kappa shape index (κ2) is 6.19. The van der Waals surface area contributed by atoms with Gasteiger partial charge in [-0.25, -0.2) is 0 Å². The second-order valence-electron chi connectivity index (χ2n) is 5.53. The third-order valence-electron chi connectivity index (χ3n) is 3.77. The minimum Gasteiger partial charge on any atom is -0.482 e. The minimum atomic E-state index is -1.05. The SMILES string of the molecule is O=C(O)CN(C(=O)CN1C(=O)COc2cc(Br)ccc21)C1CC1. The number of carboxylic acids is 1. The van der Waals surface area contributed by atoms with Crippen LogP contribution < -0.4 is 9.64 Å². The van der Waals surface area contributed by atoms with Gasteiger partial charge in [0.1, 0.15) is 18.8 Å².